The highest BCUT2D eigenvalue weighted by Crippen LogP contribution is 2.01. The van der Waals surface area contributed by atoms with Crippen LogP contribution in [0, 0.1) is 6.92 Å². The van der Waals surface area contributed by atoms with Crippen LogP contribution in [0.15, 0.2) is 24.3 Å². The summed E-state index contributed by atoms with van der Waals surface area (Å²) in [6, 6.07) is 8.12. The standard InChI is InChI=1S/C10H13NO.C3H8/c1-8-3-5-10(6-4-8)7-11-9(2)12;1-3-2/h3-6H,7H2,1-2H3,(H,11,12);3H2,1-2H3. The Morgan fingerprint density at radius 2 is 1.67 bits per heavy atom. The van der Waals surface area contributed by atoms with Crippen LogP contribution in [0.1, 0.15) is 38.3 Å². The molecule has 2 nitrogen and oxygen atoms in total. The van der Waals surface area contributed by atoms with Crippen molar-refractivity contribution in [1.29, 1.82) is 0 Å². The lowest BCUT2D eigenvalue weighted by Crippen LogP contribution is -2.18. The Morgan fingerprint density at radius 1 is 1.20 bits per heavy atom. The Balaban J connectivity index is 0.000000583. The molecule has 15 heavy (non-hydrogen) atoms. The minimum absolute atomic E-state index is 0.00979. The number of aryl methyl sites for hydroxylation is 1. The maximum absolute atomic E-state index is 10.6. The van der Waals surface area contributed by atoms with E-state index >= 15 is 0 Å². The normalized spacial score (nSPS) is 8.80. The number of carbonyl (C=O) groups excluding carboxylic acids is 1. The van der Waals surface area contributed by atoms with Crippen LogP contribution in [0.4, 0.5) is 0 Å². The summed E-state index contributed by atoms with van der Waals surface area (Å²) in [7, 11) is 0. The number of carbonyl (C=O) groups is 1. The van der Waals surface area contributed by atoms with Crippen LogP contribution in [-0.4, -0.2) is 5.91 Å². The van der Waals surface area contributed by atoms with Crippen LogP contribution in [0.2, 0.25) is 0 Å². The zero-order valence-corrected chi connectivity index (χ0v) is 10.1. The molecule has 1 N–H and O–H groups in total. The van der Waals surface area contributed by atoms with E-state index in [1.54, 1.807) is 0 Å². The lowest BCUT2D eigenvalue weighted by molar-refractivity contribution is -0.119. The SMILES string of the molecule is CC(=O)NCc1ccc(C)cc1.CCC. The van der Waals surface area contributed by atoms with Gasteiger partial charge in [-0.05, 0) is 12.5 Å². The van der Waals surface area contributed by atoms with Crippen molar-refractivity contribution in [2.24, 2.45) is 0 Å². The van der Waals surface area contributed by atoms with E-state index in [1.165, 1.54) is 18.9 Å². The van der Waals surface area contributed by atoms with Crippen molar-refractivity contribution in [3.8, 4) is 0 Å². The molecular weight excluding hydrogens is 186 g/mol. The molecule has 0 fully saturated rings. The minimum Gasteiger partial charge on any atom is -0.352 e. The highest BCUT2D eigenvalue weighted by atomic mass is 16.1. The van der Waals surface area contributed by atoms with Gasteiger partial charge in [0, 0.05) is 13.5 Å². The first-order chi connectivity index (χ1) is 7.10. The number of benzene rings is 1. The van der Waals surface area contributed by atoms with E-state index in [9.17, 15) is 4.79 Å². The van der Waals surface area contributed by atoms with Gasteiger partial charge in [-0.3, -0.25) is 4.79 Å². The first kappa shape index (κ1) is 13.7. The molecule has 0 saturated heterocycles. The maximum Gasteiger partial charge on any atom is 0.217 e. The zero-order chi connectivity index (χ0) is 11.7. The van der Waals surface area contributed by atoms with Gasteiger partial charge in [-0.15, -0.1) is 0 Å². The molecule has 0 heterocycles. The highest BCUT2D eigenvalue weighted by Gasteiger charge is 1.92. The van der Waals surface area contributed by atoms with Crippen LogP contribution in [0.25, 0.3) is 0 Å². The molecule has 0 spiro atoms. The first-order valence-corrected chi connectivity index (χ1v) is 5.40. The Labute approximate surface area is 92.7 Å². The molecule has 0 atom stereocenters. The summed E-state index contributed by atoms with van der Waals surface area (Å²) >= 11 is 0. The summed E-state index contributed by atoms with van der Waals surface area (Å²) < 4.78 is 0. The van der Waals surface area contributed by atoms with Crippen molar-refractivity contribution in [2.45, 2.75) is 40.7 Å². The van der Waals surface area contributed by atoms with E-state index in [-0.39, 0.29) is 5.91 Å². The fraction of sp³-hybridized carbons (Fsp3) is 0.462. The van der Waals surface area contributed by atoms with Crippen molar-refractivity contribution in [3.05, 3.63) is 35.4 Å². The molecule has 0 aliphatic carbocycles. The van der Waals surface area contributed by atoms with Crippen molar-refractivity contribution in [1.82, 2.24) is 5.32 Å². The van der Waals surface area contributed by atoms with Gasteiger partial charge in [-0.2, -0.15) is 0 Å². The Bertz CT molecular complexity index is 277. The van der Waals surface area contributed by atoms with Crippen molar-refractivity contribution >= 4 is 5.91 Å². The van der Waals surface area contributed by atoms with Gasteiger partial charge >= 0.3 is 0 Å². The van der Waals surface area contributed by atoms with Gasteiger partial charge in [-0.25, -0.2) is 0 Å². The third kappa shape index (κ3) is 7.74. The quantitative estimate of drug-likeness (QED) is 0.793. The third-order valence-corrected chi connectivity index (χ3v) is 1.66. The molecule has 0 unspecified atom stereocenters. The lowest BCUT2D eigenvalue weighted by atomic mass is 10.1. The van der Waals surface area contributed by atoms with E-state index < -0.39 is 0 Å². The van der Waals surface area contributed by atoms with Crippen LogP contribution in [0.5, 0.6) is 0 Å². The second kappa shape index (κ2) is 8.04. The second-order valence-electron chi connectivity index (χ2n) is 3.60. The van der Waals surface area contributed by atoms with Crippen molar-refractivity contribution in [3.63, 3.8) is 0 Å². The molecule has 84 valence electrons. The molecule has 1 aromatic carbocycles. The number of amides is 1. The van der Waals surface area contributed by atoms with Gasteiger partial charge in [0.25, 0.3) is 0 Å². The Kier molecular flexibility index (Phi) is 7.33. The van der Waals surface area contributed by atoms with Gasteiger partial charge in [0.15, 0.2) is 0 Å². The average molecular weight is 207 g/mol. The topological polar surface area (TPSA) is 29.1 Å². The molecule has 0 aromatic heterocycles. The number of nitrogens with one attached hydrogen (secondary N) is 1. The molecule has 0 bridgehead atoms. The van der Waals surface area contributed by atoms with E-state index in [2.05, 4.69) is 19.2 Å². The largest absolute Gasteiger partial charge is 0.352 e. The van der Waals surface area contributed by atoms with Crippen LogP contribution in [0.3, 0.4) is 0 Å². The fourth-order valence-corrected chi connectivity index (χ4v) is 0.932. The number of hydrogen-bond donors (Lipinski definition) is 1. The molecule has 0 saturated carbocycles. The summed E-state index contributed by atoms with van der Waals surface area (Å²) in [6.45, 7) is 8.44. The Hall–Kier alpha value is -1.31. The molecule has 0 radical (unpaired) electrons. The molecule has 0 aliphatic rings. The third-order valence-electron chi connectivity index (χ3n) is 1.66. The van der Waals surface area contributed by atoms with Crippen molar-refractivity contribution < 1.29 is 4.79 Å². The molecule has 2 heteroatoms. The van der Waals surface area contributed by atoms with Gasteiger partial charge in [0.05, 0.1) is 0 Å². The zero-order valence-electron chi connectivity index (χ0n) is 10.1. The monoisotopic (exact) mass is 207 g/mol. The smallest absolute Gasteiger partial charge is 0.217 e. The number of rotatable bonds is 2. The van der Waals surface area contributed by atoms with E-state index in [1.807, 2.05) is 31.2 Å². The maximum atomic E-state index is 10.6. The van der Waals surface area contributed by atoms with E-state index in [4.69, 9.17) is 0 Å². The summed E-state index contributed by atoms with van der Waals surface area (Å²) in [4.78, 5) is 10.6. The summed E-state index contributed by atoms with van der Waals surface area (Å²) in [5, 5.41) is 2.74. The van der Waals surface area contributed by atoms with E-state index in [0.717, 1.165) is 5.56 Å². The van der Waals surface area contributed by atoms with Gasteiger partial charge in [-0.1, -0.05) is 50.1 Å². The van der Waals surface area contributed by atoms with Crippen molar-refractivity contribution in [2.75, 3.05) is 0 Å². The lowest BCUT2D eigenvalue weighted by Gasteiger charge is -2.01. The summed E-state index contributed by atoms with van der Waals surface area (Å²) in [5.74, 6) is 0.00979. The fourth-order valence-electron chi connectivity index (χ4n) is 0.932. The predicted molar refractivity (Wildman–Crippen MR) is 64.7 cm³/mol. The van der Waals surface area contributed by atoms with Crippen LogP contribution < -0.4 is 5.32 Å². The first-order valence-electron chi connectivity index (χ1n) is 5.40. The summed E-state index contributed by atoms with van der Waals surface area (Å²) in [5.41, 5.74) is 2.37. The molecule has 1 rings (SSSR count). The number of hydrogen-bond acceptors (Lipinski definition) is 1. The molecule has 1 aromatic rings. The molecule has 1 amide bonds. The highest BCUT2D eigenvalue weighted by molar-refractivity contribution is 5.72. The van der Waals surface area contributed by atoms with Crippen LogP contribution in [-0.2, 0) is 11.3 Å². The van der Waals surface area contributed by atoms with Gasteiger partial charge in [0.1, 0.15) is 0 Å². The summed E-state index contributed by atoms with van der Waals surface area (Å²) in [6.07, 6.45) is 1.25. The average Bonchev–Trinajstić information content (AvgIpc) is 2.18. The second-order valence-corrected chi connectivity index (χ2v) is 3.60. The van der Waals surface area contributed by atoms with Crippen LogP contribution >= 0.6 is 0 Å². The van der Waals surface area contributed by atoms with E-state index in [0.29, 0.717) is 6.54 Å². The molecule has 0 aliphatic heterocycles. The molecular formula is C13H21NO. The Morgan fingerprint density at radius 3 is 2.07 bits per heavy atom. The van der Waals surface area contributed by atoms with Gasteiger partial charge in [0.2, 0.25) is 5.91 Å². The predicted octanol–water partition coefficient (Wildman–Crippen LogP) is 3.05. The minimum atomic E-state index is 0.00979. The van der Waals surface area contributed by atoms with Gasteiger partial charge < -0.3 is 5.32 Å².